The maximum Gasteiger partial charge on any atom is 0.159 e. The van der Waals surface area contributed by atoms with E-state index in [4.69, 9.17) is 5.26 Å². The van der Waals surface area contributed by atoms with Crippen molar-refractivity contribution in [3.63, 3.8) is 0 Å². The van der Waals surface area contributed by atoms with Gasteiger partial charge >= 0.3 is 0 Å². The second-order valence-electron chi connectivity index (χ2n) is 3.38. The third kappa shape index (κ3) is 2.86. The fourth-order valence-corrected chi connectivity index (χ4v) is 1.91. The number of nitrogens with zero attached hydrogens (tertiary/aromatic N) is 1. The van der Waals surface area contributed by atoms with Gasteiger partial charge in [0.2, 0.25) is 0 Å². The Labute approximate surface area is 100 Å². The second-order valence-corrected chi connectivity index (χ2v) is 4.23. The van der Waals surface area contributed by atoms with Crippen LogP contribution in [0.2, 0.25) is 0 Å². The molecule has 1 atom stereocenters. The number of nitriles is 1. The van der Waals surface area contributed by atoms with Gasteiger partial charge in [0, 0.05) is 10.9 Å². The van der Waals surface area contributed by atoms with Crippen molar-refractivity contribution in [3.8, 4) is 6.07 Å². The summed E-state index contributed by atoms with van der Waals surface area (Å²) in [6.45, 7) is 1.35. The molecule has 84 valence electrons. The Hall–Kier alpha value is -1.28. The Balaban J connectivity index is 3.16. The van der Waals surface area contributed by atoms with Crippen molar-refractivity contribution >= 4 is 21.7 Å². The average Bonchev–Trinajstić information content (AvgIpc) is 2.20. The summed E-state index contributed by atoms with van der Waals surface area (Å²) in [6, 6.07) is 3.79. The molecule has 0 amide bonds. The first-order valence-corrected chi connectivity index (χ1v) is 5.28. The zero-order valence-electron chi connectivity index (χ0n) is 8.43. The fraction of sp³-hybridized carbons (Fsp3) is 0.273. The SMILES string of the molecule is CC(=O)CC(C#N)c1cc(F)c(F)cc1Br. The van der Waals surface area contributed by atoms with Crippen LogP contribution in [-0.4, -0.2) is 5.78 Å². The van der Waals surface area contributed by atoms with Crippen LogP contribution in [0.25, 0.3) is 0 Å². The van der Waals surface area contributed by atoms with Crippen molar-refractivity contribution in [2.45, 2.75) is 19.3 Å². The average molecular weight is 288 g/mol. The summed E-state index contributed by atoms with van der Waals surface area (Å²) in [5, 5.41) is 8.87. The normalized spacial score (nSPS) is 11.9. The van der Waals surface area contributed by atoms with Crippen LogP contribution in [0.1, 0.15) is 24.8 Å². The van der Waals surface area contributed by atoms with Crippen LogP contribution in [0.4, 0.5) is 8.78 Å². The molecule has 0 aromatic heterocycles. The van der Waals surface area contributed by atoms with Gasteiger partial charge in [-0.1, -0.05) is 15.9 Å². The van der Waals surface area contributed by atoms with Crippen LogP contribution in [0.15, 0.2) is 16.6 Å². The van der Waals surface area contributed by atoms with E-state index in [0.717, 1.165) is 12.1 Å². The van der Waals surface area contributed by atoms with Gasteiger partial charge in [0.05, 0.1) is 12.0 Å². The van der Waals surface area contributed by atoms with Crippen LogP contribution in [-0.2, 0) is 4.79 Å². The third-order valence-electron chi connectivity index (χ3n) is 2.06. The second kappa shape index (κ2) is 5.17. The highest BCUT2D eigenvalue weighted by atomic mass is 79.9. The van der Waals surface area contributed by atoms with Crippen molar-refractivity contribution in [2.24, 2.45) is 0 Å². The van der Waals surface area contributed by atoms with E-state index in [2.05, 4.69) is 15.9 Å². The fourth-order valence-electron chi connectivity index (χ4n) is 1.32. The van der Waals surface area contributed by atoms with Crippen LogP contribution < -0.4 is 0 Å². The van der Waals surface area contributed by atoms with E-state index < -0.39 is 17.6 Å². The van der Waals surface area contributed by atoms with Crippen LogP contribution in [0, 0.1) is 23.0 Å². The molecule has 0 saturated carbocycles. The van der Waals surface area contributed by atoms with Gasteiger partial charge in [-0.2, -0.15) is 5.26 Å². The number of benzene rings is 1. The Kier molecular flexibility index (Phi) is 4.13. The number of hydrogen-bond acceptors (Lipinski definition) is 2. The molecule has 1 aromatic rings. The maximum absolute atomic E-state index is 13.0. The monoisotopic (exact) mass is 287 g/mol. The molecule has 0 aliphatic heterocycles. The topological polar surface area (TPSA) is 40.9 Å². The van der Waals surface area contributed by atoms with Gasteiger partial charge in [-0.3, -0.25) is 4.79 Å². The van der Waals surface area contributed by atoms with Gasteiger partial charge in [0.25, 0.3) is 0 Å². The smallest absolute Gasteiger partial charge is 0.159 e. The molecule has 1 unspecified atom stereocenters. The van der Waals surface area contributed by atoms with Crippen LogP contribution in [0.5, 0.6) is 0 Å². The Morgan fingerprint density at radius 2 is 2.06 bits per heavy atom. The predicted molar refractivity (Wildman–Crippen MR) is 57.7 cm³/mol. The largest absolute Gasteiger partial charge is 0.300 e. The molecule has 16 heavy (non-hydrogen) atoms. The highest BCUT2D eigenvalue weighted by molar-refractivity contribution is 9.10. The van der Waals surface area contributed by atoms with E-state index in [-0.39, 0.29) is 17.8 Å². The highest BCUT2D eigenvalue weighted by Gasteiger charge is 2.18. The van der Waals surface area contributed by atoms with Crippen molar-refractivity contribution in [1.29, 1.82) is 5.26 Å². The molecular weight excluding hydrogens is 280 g/mol. The molecular formula is C11H8BrF2NO. The van der Waals surface area contributed by atoms with Gasteiger partial charge in [-0.05, 0) is 24.6 Å². The number of Topliss-reactive ketones (excluding diaryl/α,β-unsaturated/α-hetero) is 1. The maximum atomic E-state index is 13.0. The lowest BCUT2D eigenvalue weighted by molar-refractivity contribution is -0.117. The molecule has 0 aliphatic rings. The molecule has 0 saturated heterocycles. The first-order valence-electron chi connectivity index (χ1n) is 4.49. The Morgan fingerprint density at radius 1 is 1.50 bits per heavy atom. The molecule has 0 fully saturated rings. The van der Waals surface area contributed by atoms with Gasteiger partial charge in [-0.25, -0.2) is 8.78 Å². The van der Waals surface area contributed by atoms with E-state index in [1.54, 1.807) is 0 Å². The molecule has 0 radical (unpaired) electrons. The van der Waals surface area contributed by atoms with E-state index in [1.165, 1.54) is 6.92 Å². The minimum Gasteiger partial charge on any atom is -0.300 e. The van der Waals surface area contributed by atoms with Crippen molar-refractivity contribution < 1.29 is 13.6 Å². The van der Waals surface area contributed by atoms with Gasteiger partial charge in [0.1, 0.15) is 5.78 Å². The lowest BCUT2D eigenvalue weighted by atomic mass is 9.95. The molecule has 5 heteroatoms. The summed E-state index contributed by atoms with van der Waals surface area (Å²) in [5.74, 6) is -2.96. The lowest BCUT2D eigenvalue weighted by Crippen LogP contribution is -2.04. The lowest BCUT2D eigenvalue weighted by Gasteiger charge is -2.10. The Bertz CT molecular complexity index is 468. The van der Waals surface area contributed by atoms with Gasteiger partial charge in [0.15, 0.2) is 11.6 Å². The Morgan fingerprint density at radius 3 is 2.56 bits per heavy atom. The third-order valence-corrected chi connectivity index (χ3v) is 2.75. The summed E-state index contributed by atoms with van der Waals surface area (Å²) in [5.41, 5.74) is 0.289. The number of ketones is 1. The van der Waals surface area contributed by atoms with Crippen LogP contribution in [0.3, 0.4) is 0 Å². The van der Waals surface area contributed by atoms with Gasteiger partial charge in [-0.15, -0.1) is 0 Å². The highest BCUT2D eigenvalue weighted by Crippen LogP contribution is 2.29. The van der Waals surface area contributed by atoms with E-state index in [0.29, 0.717) is 4.47 Å². The molecule has 0 N–H and O–H groups in total. The summed E-state index contributed by atoms with van der Waals surface area (Å²) in [6.07, 6.45) is -0.0137. The zero-order valence-corrected chi connectivity index (χ0v) is 10.0. The minimum atomic E-state index is -1.03. The number of halogens is 3. The van der Waals surface area contributed by atoms with Crippen molar-refractivity contribution in [3.05, 3.63) is 33.8 Å². The van der Waals surface area contributed by atoms with E-state index in [9.17, 15) is 13.6 Å². The summed E-state index contributed by atoms with van der Waals surface area (Å²) in [7, 11) is 0. The minimum absolute atomic E-state index is 0.0137. The predicted octanol–water partition coefficient (Wildman–Crippen LogP) is 3.31. The molecule has 2 nitrogen and oxygen atoms in total. The first-order chi connectivity index (χ1) is 7.45. The van der Waals surface area contributed by atoms with Gasteiger partial charge < -0.3 is 0 Å². The standard InChI is InChI=1S/C11H8BrF2NO/c1-6(16)2-7(5-15)8-3-10(13)11(14)4-9(8)12/h3-4,7H,2H2,1H3. The summed E-state index contributed by atoms with van der Waals surface area (Å²) in [4.78, 5) is 10.9. The quantitative estimate of drug-likeness (QED) is 0.800. The number of hydrogen-bond donors (Lipinski definition) is 0. The van der Waals surface area contributed by atoms with E-state index >= 15 is 0 Å². The molecule has 1 aromatic carbocycles. The summed E-state index contributed by atoms with van der Waals surface area (Å²) < 4.78 is 26.1. The number of carbonyl (C=O) groups excluding carboxylic acids is 1. The summed E-state index contributed by atoms with van der Waals surface area (Å²) >= 11 is 3.04. The molecule has 0 aliphatic carbocycles. The molecule has 1 rings (SSSR count). The number of carbonyl (C=O) groups is 1. The van der Waals surface area contributed by atoms with Crippen molar-refractivity contribution in [2.75, 3.05) is 0 Å². The van der Waals surface area contributed by atoms with E-state index in [1.807, 2.05) is 6.07 Å². The van der Waals surface area contributed by atoms with Crippen molar-refractivity contribution in [1.82, 2.24) is 0 Å². The molecule has 0 heterocycles. The molecule has 0 bridgehead atoms. The zero-order chi connectivity index (χ0) is 12.3. The number of rotatable bonds is 3. The van der Waals surface area contributed by atoms with Crippen LogP contribution >= 0.6 is 15.9 Å². The first kappa shape index (κ1) is 12.8. The molecule has 0 spiro atoms.